The first kappa shape index (κ1) is 18.4. The van der Waals surface area contributed by atoms with Gasteiger partial charge in [0.1, 0.15) is 18.3 Å². The van der Waals surface area contributed by atoms with E-state index >= 15 is 0 Å². The van der Waals surface area contributed by atoms with Crippen LogP contribution in [0.1, 0.15) is 19.8 Å². The normalized spacial score (nSPS) is 16.9. The summed E-state index contributed by atoms with van der Waals surface area (Å²) in [4.78, 5) is 32.3. The highest BCUT2D eigenvalue weighted by molar-refractivity contribution is 6.32. The standard InChI is InChI=1S/C11H19NO8/c1-5(14)12-6(2-3-7(15)11(19)20)9(17)10(18)8(16)4-13/h6,8-10,13,16-18H,2-4H2,1H3,(H,12,14)(H,19,20)/t6-,8-,9-,10-/m1/s1. The van der Waals surface area contributed by atoms with Crippen LogP contribution in [0.25, 0.3) is 0 Å². The third-order valence-corrected chi connectivity index (χ3v) is 2.65. The van der Waals surface area contributed by atoms with Gasteiger partial charge in [-0.25, -0.2) is 4.79 Å². The van der Waals surface area contributed by atoms with Crippen molar-refractivity contribution in [2.75, 3.05) is 6.61 Å². The Bertz CT molecular complexity index is 358. The van der Waals surface area contributed by atoms with E-state index < -0.39 is 55.0 Å². The lowest BCUT2D eigenvalue weighted by Gasteiger charge is -2.29. The highest BCUT2D eigenvalue weighted by Crippen LogP contribution is 2.10. The number of amides is 1. The van der Waals surface area contributed by atoms with Gasteiger partial charge in [-0.05, 0) is 6.42 Å². The Hall–Kier alpha value is -1.55. The summed E-state index contributed by atoms with van der Waals surface area (Å²) in [5.74, 6) is -3.32. The Kier molecular flexibility index (Phi) is 7.92. The molecule has 0 rings (SSSR count). The highest BCUT2D eigenvalue weighted by atomic mass is 16.4. The number of ketones is 1. The van der Waals surface area contributed by atoms with Crippen molar-refractivity contribution in [3.05, 3.63) is 0 Å². The maximum Gasteiger partial charge on any atom is 0.372 e. The van der Waals surface area contributed by atoms with Crippen LogP contribution in [-0.4, -0.2) is 74.2 Å². The molecule has 4 atom stereocenters. The first-order valence-electron chi connectivity index (χ1n) is 5.89. The summed E-state index contributed by atoms with van der Waals surface area (Å²) in [6.45, 7) is 0.326. The summed E-state index contributed by atoms with van der Waals surface area (Å²) in [5.41, 5.74) is 0. The number of aliphatic hydroxyl groups is 4. The first-order chi connectivity index (χ1) is 9.20. The fraction of sp³-hybridized carbons (Fsp3) is 0.727. The lowest BCUT2D eigenvalue weighted by Crippen LogP contribution is -2.52. The summed E-state index contributed by atoms with van der Waals surface area (Å²) < 4.78 is 0. The van der Waals surface area contributed by atoms with Gasteiger partial charge >= 0.3 is 5.97 Å². The number of Topliss-reactive ketones (excluding diaryl/α,β-unsaturated/α-hetero) is 1. The third kappa shape index (κ3) is 6.06. The number of carbonyl (C=O) groups is 3. The molecule has 0 aromatic rings. The summed E-state index contributed by atoms with van der Waals surface area (Å²) in [7, 11) is 0. The Morgan fingerprint density at radius 2 is 1.65 bits per heavy atom. The van der Waals surface area contributed by atoms with Gasteiger partial charge in [0.15, 0.2) is 0 Å². The van der Waals surface area contributed by atoms with Crippen molar-refractivity contribution in [1.82, 2.24) is 5.32 Å². The second kappa shape index (κ2) is 8.59. The Morgan fingerprint density at radius 1 is 1.10 bits per heavy atom. The number of carboxylic acid groups (broad SMARTS) is 1. The molecule has 0 saturated carbocycles. The molecule has 0 unspecified atom stereocenters. The van der Waals surface area contributed by atoms with E-state index in [1.807, 2.05) is 0 Å². The number of hydrogen-bond acceptors (Lipinski definition) is 7. The first-order valence-corrected chi connectivity index (χ1v) is 5.89. The molecule has 9 heteroatoms. The summed E-state index contributed by atoms with van der Waals surface area (Å²) in [6, 6.07) is -1.13. The molecular weight excluding hydrogens is 274 g/mol. The lowest BCUT2D eigenvalue weighted by atomic mass is 9.96. The quantitative estimate of drug-likeness (QED) is 0.245. The third-order valence-electron chi connectivity index (χ3n) is 2.65. The monoisotopic (exact) mass is 293 g/mol. The molecule has 0 aromatic heterocycles. The molecule has 0 spiro atoms. The average Bonchev–Trinajstić information content (AvgIpc) is 2.39. The molecule has 0 aliphatic carbocycles. The molecule has 0 radical (unpaired) electrons. The van der Waals surface area contributed by atoms with Crippen LogP contribution in [0.4, 0.5) is 0 Å². The van der Waals surface area contributed by atoms with Gasteiger partial charge in [0.05, 0.1) is 12.6 Å². The topological polar surface area (TPSA) is 164 Å². The Labute approximate surface area is 114 Å². The Morgan fingerprint density at radius 3 is 2.05 bits per heavy atom. The van der Waals surface area contributed by atoms with Crippen LogP contribution >= 0.6 is 0 Å². The SMILES string of the molecule is CC(=O)N[C@H](CCC(=O)C(=O)O)[C@@H](O)[C@H](O)[C@H](O)CO. The number of carbonyl (C=O) groups excluding carboxylic acids is 2. The van der Waals surface area contributed by atoms with Crippen molar-refractivity contribution in [3.8, 4) is 0 Å². The maximum atomic E-state index is 11.0. The van der Waals surface area contributed by atoms with Crippen LogP contribution in [-0.2, 0) is 14.4 Å². The van der Waals surface area contributed by atoms with E-state index in [9.17, 15) is 29.7 Å². The number of rotatable bonds is 9. The Balaban J connectivity index is 4.73. The minimum atomic E-state index is -1.75. The van der Waals surface area contributed by atoms with E-state index in [-0.39, 0.29) is 6.42 Å². The van der Waals surface area contributed by atoms with Crippen molar-refractivity contribution in [2.45, 2.75) is 44.1 Å². The molecule has 116 valence electrons. The van der Waals surface area contributed by atoms with E-state index in [1.165, 1.54) is 0 Å². The summed E-state index contributed by atoms with van der Waals surface area (Å²) in [5, 5.41) is 47.9. The number of hydrogen-bond donors (Lipinski definition) is 6. The number of aliphatic hydroxyl groups excluding tert-OH is 4. The minimum Gasteiger partial charge on any atom is -0.476 e. The largest absolute Gasteiger partial charge is 0.476 e. The lowest BCUT2D eigenvalue weighted by molar-refractivity contribution is -0.149. The molecule has 0 fully saturated rings. The number of carboxylic acids is 1. The maximum absolute atomic E-state index is 11.0. The highest BCUT2D eigenvalue weighted by Gasteiger charge is 2.32. The van der Waals surface area contributed by atoms with Crippen LogP contribution in [0.2, 0.25) is 0 Å². The predicted molar refractivity (Wildman–Crippen MR) is 64.6 cm³/mol. The van der Waals surface area contributed by atoms with Gasteiger partial charge in [0.25, 0.3) is 0 Å². The van der Waals surface area contributed by atoms with E-state index in [1.54, 1.807) is 0 Å². The number of aliphatic carboxylic acids is 1. The van der Waals surface area contributed by atoms with Gasteiger partial charge in [-0.2, -0.15) is 0 Å². The van der Waals surface area contributed by atoms with Gasteiger partial charge in [0.2, 0.25) is 11.7 Å². The number of nitrogens with one attached hydrogen (secondary N) is 1. The predicted octanol–water partition coefficient (Wildman–Crippen LogP) is -3.00. The molecule has 20 heavy (non-hydrogen) atoms. The zero-order valence-electron chi connectivity index (χ0n) is 10.9. The van der Waals surface area contributed by atoms with Crippen LogP contribution in [0, 0.1) is 0 Å². The molecule has 0 bridgehead atoms. The van der Waals surface area contributed by atoms with Crippen molar-refractivity contribution in [2.24, 2.45) is 0 Å². The summed E-state index contributed by atoms with van der Waals surface area (Å²) in [6.07, 6.45) is -5.74. The van der Waals surface area contributed by atoms with Crippen LogP contribution < -0.4 is 5.32 Å². The zero-order valence-corrected chi connectivity index (χ0v) is 10.9. The van der Waals surface area contributed by atoms with Gasteiger partial charge in [-0.1, -0.05) is 0 Å². The second-order valence-corrected chi connectivity index (χ2v) is 4.31. The van der Waals surface area contributed by atoms with E-state index in [0.29, 0.717) is 0 Å². The molecule has 0 saturated heterocycles. The molecule has 9 nitrogen and oxygen atoms in total. The van der Waals surface area contributed by atoms with Crippen LogP contribution in [0.3, 0.4) is 0 Å². The van der Waals surface area contributed by atoms with Crippen molar-refractivity contribution in [1.29, 1.82) is 0 Å². The molecule has 1 amide bonds. The summed E-state index contributed by atoms with van der Waals surface area (Å²) >= 11 is 0. The fourth-order valence-electron chi connectivity index (χ4n) is 1.56. The van der Waals surface area contributed by atoms with Crippen molar-refractivity contribution >= 4 is 17.7 Å². The molecule has 0 aliphatic heterocycles. The average molecular weight is 293 g/mol. The zero-order chi connectivity index (χ0) is 15.9. The smallest absolute Gasteiger partial charge is 0.372 e. The van der Waals surface area contributed by atoms with Gasteiger partial charge in [-0.15, -0.1) is 0 Å². The van der Waals surface area contributed by atoms with Crippen molar-refractivity contribution < 1.29 is 39.9 Å². The van der Waals surface area contributed by atoms with Crippen LogP contribution in [0.15, 0.2) is 0 Å². The second-order valence-electron chi connectivity index (χ2n) is 4.31. The van der Waals surface area contributed by atoms with Gasteiger partial charge in [0, 0.05) is 13.3 Å². The van der Waals surface area contributed by atoms with Gasteiger partial charge < -0.3 is 30.8 Å². The molecule has 0 heterocycles. The minimum absolute atomic E-state index is 0.235. The van der Waals surface area contributed by atoms with Crippen LogP contribution in [0.5, 0.6) is 0 Å². The fourth-order valence-corrected chi connectivity index (χ4v) is 1.56. The molecule has 6 N–H and O–H groups in total. The van der Waals surface area contributed by atoms with Crippen molar-refractivity contribution in [3.63, 3.8) is 0 Å². The van der Waals surface area contributed by atoms with Gasteiger partial charge in [-0.3, -0.25) is 9.59 Å². The van der Waals surface area contributed by atoms with E-state index in [0.717, 1.165) is 6.92 Å². The molecular formula is C11H19NO8. The van der Waals surface area contributed by atoms with E-state index in [4.69, 9.17) is 10.2 Å². The molecule has 0 aliphatic rings. The molecule has 0 aromatic carbocycles. The van der Waals surface area contributed by atoms with E-state index in [2.05, 4.69) is 5.32 Å².